The summed E-state index contributed by atoms with van der Waals surface area (Å²) in [4.78, 5) is 19.4. The van der Waals surface area contributed by atoms with Gasteiger partial charge >= 0.3 is 0 Å². The molecule has 0 fully saturated rings. The number of carbonyl (C=O) groups is 1. The lowest BCUT2D eigenvalue weighted by atomic mass is 10.1. The van der Waals surface area contributed by atoms with Crippen LogP contribution in [0.15, 0.2) is 42.9 Å². The van der Waals surface area contributed by atoms with Crippen LogP contribution >= 0.6 is 23.2 Å². The second-order valence-corrected chi connectivity index (χ2v) is 5.18. The summed E-state index contributed by atoms with van der Waals surface area (Å²) >= 11 is 12.0. The van der Waals surface area contributed by atoms with Crippen LogP contribution in [-0.4, -0.2) is 27.5 Å². The first kappa shape index (κ1) is 16.4. The van der Waals surface area contributed by atoms with Crippen LogP contribution in [0.4, 0.5) is 0 Å². The molecule has 0 aliphatic heterocycles. The molecule has 2 aromatic rings. The minimum absolute atomic E-state index is 0.00357. The molecule has 2 rings (SSSR count). The molecule has 0 aliphatic rings. The van der Waals surface area contributed by atoms with E-state index < -0.39 is 6.10 Å². The van der Waals surface area contributed by atoms with E-state index >= 15 is 0 Å². The molecule has 0 aliphatic carbocycles. The van der Waals surface area contributed by atoms with E-state index in [4.69, 9.17) is 23.2 Å². The third kappa shape index (κ3) is 4.53. The fourth-order valence-corrected chi connectivity index (χ4v) is 2.40. The van der Waals surface area contributed by atoms with Gasteiger partial charge in [-0.05, 0) is 24.3 Å². The number of aromatic nitrogens is 2. The van der Waals surface area contributed by atoms with Crippen LogP contribution in [0, 0.1) is 0 Å². The number of nitrogens with one attached hydrogen (secondary N) is 1. The molecule has 2 N–H and O–H groups in total. The van der Waals surface area contributed by atoms with Crippen LogP contribution in [0.2, 0.25) is 10.0 Å². The van der Waals surface area contributed by atoms with Crippen molar-refractivity contribution < 1.29 is 9.90 Å². The fraction of sp³-hybridized carbons (Fsp3) is 0.133. The van der Waals surface area contributed by atoms with Crippen LogP contribution in [0.25, 0.3) is 6.08 Å². The van der Waals surface area contributed by atoms with Crippen LogP contribution in [-0.2, 0) is 4.79 Å². The van der Waals surface area contributed by atoms with E-state index in [9.17, 15) is 9.90 Å². The van der Waals surface area contributed by atoms with E-state index in [-0.39, 0.29) is 12.5 Å². The van der Waals surface area contributed by atoms with E-state index in [1.54, 1.807) is 36.5 Å². The molecule has 1 amide bonds. The predicted octanol–water partition coefficient (Wildman–Crippen LogP) is 2.65. The molecule has 0 saturated carbocycles. The molecular weight excluding hydrogens is 325 g/mol. The predicted molar refractivity (Wildman–Crippen MR) is 85.5 cm³/mol. The summed E-state index contributed by atoms with van der Waals surface area (Å²) in [5, 5.41) is 13.4. The van der Waals surface area contributed by atoms with Gasteiger partial charge in [-0.25, -0.2) is 9.97 Å². The smallest absolute Gasteiger partial charge is 0.244 e. The van der Waals surface area contributed by atoms with Crippen molar-refractivity contribution in [1.29, 1.82) is 0 Å². The van der Waals surface area contributed by atoms with Gasteiger partial charge in [-0.3, -0.25) is 4.79 Å². The van der Waals surface area contributed by atoms with Crippen molar-refractivity contribution >= 4 is 35.2 Å². The van der Waals surface area contributed by atoms with Crippen molar-refractivity contribution in [3.05, 3.63) is 64.2 Å². The number of hydrogen-bond acceptors (Lipinski definition) is 4. The highest BCUT2D eigenvalue weighted by molar-refractivity contribution is 6.36. The number of aliphatic hydroxyl groups is 1. The van der Waals surface area contributed by atoms with Gasteiger partial charge in [0.05, 0.1) is 11.8 Å². The molecule has 22 heavy (non-hydrogen) atoms. The standard InChI is InChI=1S/C15H13Cl2N3O2/c16-11-2-1-3-12(17)15(11)13(21)8-19-14(22)5-4-10-6-7-18-9-20-10/h1-7,9,13,21H,8H2,(H,19,22)/b5-4+. The number of aliphatic hydroxyl groups excluding tert-OH is 1. The summed E-state index contributed by atoms with van der Waals surface area (Å²) in [5.41, 5.74) is 1.01. The Morgan fingerprint density at radius 3 is 2.68 bits per heavy atom. The molecule has 1 aromatic carbocycles. The molecule has 1 aromatic heterocycles. The van der Waals surface area contributed by atoms with E-state index in [1.165, 1.54) is 12.4 Å². The lowest BCUT2D eigenvalue weighted by Gasteiger charge is -2.14. The monoisotopic (exact) mass is 337 g/mol. The Labute approximate surface area is 137 Å². The van der Waals surface area contributed by atoms with E-state index in [2.05, 4.69) is 15.3 Å². The van der Waals surface area contributed by atoms with Crippen molar-refractivity contribution in [3.63, 3.8) is 0 Å². The molecule has 0 radical (unpaired) electrons. The summed E-state index contributed by atoms with van der Waals surface area (Å²) in [7, 11) is 0. The average molecular weight is 338 g/mol. The Kier molecular flexibility index (Phi) is 5.89. The number of amides is 1. The van der Waals surface area contributed by atoms with Gasteiger partial charge in [0.2, 0.25) is 5.91 Å². The van der Waals surface area contributed by atoms with Crippen molar-refractivity contribution in [3.8, 4) is 0 Å². The highest BCUT2D eigenvalue weighted by Crippen LogP contribution is 2.29. The maximum Gasteiger partial charge on any atom is 0.244 e. The molecule has 7 heteroatoms. The van der Waals surface area contributed by atoms with Gasteiger partial charge in [-0.1, -0.05) is 29.3 Å². The normalized spacial score (nSPS) is 12.3. The molecule has 1 unspecified atom stereocenters. The summed E-state index contributed by atoms with van der Waals surface area (Å²) in [5.74, 6) is -0.360. The maximum absolute atomic E-state index is 11.7. The maximum atomic E-state index is 11.7. The van der Waals surface area contributed by atoms with Gasteiger partial charge in [0.25, 0.3) is 0 Å². The molecule has 0 saturated heterocycles. The average Bonchev–Trinajstić information content (AvgIpc) is 2.52. The number of halogens is 2. The van der Waals surface area contributed by atoms with E-state index in [0.717, 1.165) is 0 Å². The third-order valence-electron chi connectivity index (χ3n) is 2.81. The Morgan fingerprint density at radius 2 is 2.05 bits per heavy atom. The van der Waals surface area contributed by atoms with Gasteiger partial charge in [-0.2, -0.15) is 0 Å². The number of rotatable bonds is 5. The number of hydrogen-bond donors (Lipinski definition) is 2. The number of nitrogens with zero attached hydrogens (tertiary/aromatic N) is 2. The summed E-state index contributed by atoms with van der Waals surface area (Å²) in [6.07, 6.45) is 4.85. The van der Waals surface area contributed by atoms with Crippen LogP contribution in [0.1, 0.15) is 17.4 Å². The van der Waals surface area contributed by atoms with E-state index in [1.807, 2.05) is 0 Å². The Balaban J connectivity index is 1.92. The second kappa shape index (κ2) is 7.89. The highest BCUT2D eigenvalue weighted by atomic mass is 35.5. The van der Waals surface area contributed by atoms with Gasteiger partial charge in [-0.15, -0.1) is 0 Å². The molecule has 1 heterocycles. The number of carbonyl (C=O) groups excluding carboxylic acids is 1. The molecular formula is C15H13Cl2N3O2. The third-order valence-corrected chi connectivity index (χ3v) is 3.47. The lowest BCUT2D eigenvalue weighted by molar-refractivity contribution is -0.116. The van der Waals surface area contributed by atoms with Gasteiger partial charge in [0, 0.05) is 34.4 Å². The first-order valence-corrected chi connectivity index (χ1v) is 7.17. The zero-order valence-corrected chi connectivity index (χ0v) is 12.9. The second-order valence-electron chi connectivity index (χ2n) is 4.36. The Hall–Kier alpha value is -1.95. The molecule has 1 atom stereocenters. The highest BCUT2D eigenvalue weighted by Gasteiger charge is 2.15. The minimum Gasteiger partial charge on any atom is -0.386 e. The Bertz CT molecular complexity index is 657. The SMILES string of the molecule is O=C(/C=C/c1ccncn1)NCC(O)c1c(Cl)cccc1Cl. The van der Waals surface area contributed by atoms with Crippen molar-refractivity contribution in [1.82, 2.24) is 15.3 Å². The van der Waals surface area contributed by atoms with Crippen LogP contribution < -0.4 is 5.32 Å². The van der Waals surface area contributed by atoms with Gasteiger partial charge in [0.15, 0.2) is 0 Å². The van der Waals surface area contributed by atoms with Gasteiger partial charge in [0.1, 0.15) is 6.33 Å². The first-order valence-electron chi connectivity index (χ1n) is 6.42. The lowest BCUT2D eigenvalue weighted by Crippen LogP contribution is -2.27. The largest absolute Gasteiger partial charge is 0.386 e. The minimum atomic E-state index is -0.988. The van der Waals surface area contributed by atoms with Crippen molar-refractivity contribution in [2.45, 2.75) is 6.10 Å². The van der Waals surface area contributed by atoms with E-state index in [0.29, 0.717) is 21.3 Å². The molecule has 0 bridgehead atoms. The topological polar surface area (TPSA) is 75.1 Å². The van der Waals surface area contributed by atoms with Crippen LogP contribution in [0.3, 0.4) is 0 Å². The van der Waals surface area contributed by atoms with Crippen molar-refractivity contribution in [2.75, 3.05) is 6.54 Å². The number of benzene rings is 1. The summed E-state index contributed by atoms with van der Waals surface area (Å²) in [6.45, 7) is -0.00357. The quantitative estimate of drug-likeness (QED) is 0.822. The first-order chi connectivity index (χ1) is 10.6. The van der Waals surface area contributed by atoms with Crippen molar-refractivity contribution in [2.24, 2.45) is 0 Å². The van der Waals surface area contributed by atoms with Gasteiger partial charge < -0.3 is 10.4 Å². The zero-order chi connectivity index (χ0) is 15.9. The molecule has 0 spiro atoms. The Morgan fingerprint density at radius 1 is 1.32 bits per heavy atom. The molecule has 114 valence electrons. The molecule has 5 nitrogen and oxygen atoms in total. The zero-order valence-electron chi connectivity index (χ0n) is 11.4. The summed E-state index contributed by atoms with van der Waals surface area (Å²) in [6, 6.07) is 6.61. The van der Waals surface area contributed by atoms with Crippen LogP contribution in [0.5, 0.6) is 0 Å². The fourth-order valence-electron chi connectivity index (χ4n) is 1.75. The summed E-state index contributed by atoms with van der Waals surface area (Å²) < 4.78 is 0.